The summed E-state index contributed by atoms with van der Waals surface area (Å²) in [6, 6.07) is 12.9. The number of rotatable bonds is 9. The van der Waals surface area contributed by atoms with Crippen molar-refractivity contribution in [3.8, 4) is 0 Å². The van der Waals surface area contributed by atoms with Crippen LogP contribution < -0.4 is 10.2 Å². The molecule has 0 aliphatic carbocycles. The molecule has 0 atom stereocenters. The van der Waals surface area contributed by atoms with Crippen molar-refractivity contribution in [1.82, 2.24) is 9.80 Å². The molecule has 10 heteroatoms. The summed E-state index contributed by atoms with van der Waals surface area (Å²) in [5.74, 6) is -0.132. The number of anilines is 2. The van der Waals surface area contributed by atoms with Gasteiger partial charge in [-0.05, 0) is 81.3 Å². The Bertz CT molecular complexity index is 1080. The van der Waals surface area contributed by atoms with Crippen molar-refractivity contribution < 1.29 is 27.5 Å². The van der Waals surface area contributed by atoms with Crippen LogP contribution in [0.3, 0.4) is 0 Å². The summed E-state index contributed by atoms with van der Waals surface area (Å²) >= 11 is 0. The molecule has 0 saturated carbocycles. The number of halogens is 3. The molecule has 2 aromatic carbocycles. The van der Waals surface area contributed by atoms with Crippen molar-refractivity contribution in [1.29, 1.82) is 0 Å². The molecule has 0 radical (unpaired) electrons. The number of benzene rings is 2. The first kappa shape index (κ1) is 28.7. The normalized spacial score (nSPS) is 17.2. The molecule has 212 valence electrons. The quantitative estimate of drug-likeness (QED) is 0.452. The predicted molar refractivity (Wildman–Crippen MR) is 145 cm³/mol. The number of nitrogens with zero attached hydrogens (tertiary/aromatic N) is 3. The van der Waals surface area contributed by atoms with Crippen LogP contribution in [0, 0.1) is 0 Å². The van der Waals surface area contributed by atoms with Crippen LogP contribution in [0.1, 0.15) is 48.5 Å². The SMILES string of the molecule is CCOC(=O)c1ccc(NC2CCN(C(=O)CCCN3CCN(c4ccc(C(F)(F)F)cc4)CC3)CC2)cc1. The topological polar surface area (TPSA) is 65.1 Å². The molecule has 4 rings (SSSR count). The summed E-state index contributed by atoms with van der Waals surface area (Å²) in [5, 5.41) is 3.50. The Morgan fingerprint density at radius 3 is 2.15 bits per heavy atom. The van der Waals surface area contributed by atoms with Gasteiger partial charge in [0.15, 0.2) is 0 Å². The monoisotopic (exact) mass is 546 g/mol. The molecule has 0 spiro atoms. The number of nitrogens with one attached hydrogen (secondary N) is 1. The van der Waals surface area contributed by atoms with Crippen LogP contribution in [0.5, 0.6) is 0 Å². The second-order valence-electron chi connectivity index (χ2n) is 10.1. The number of carbonyl (C=O) groups is 2. The fourth-order valence-corrected chi connectivity index (χ4v) is 5.13. The summed E-state index contributed by atoms with van der Waals surface area (Å²) < 4.78 is 43.4. The highest BCUT2D eigenvalue weighted by atomic mass is 19.4. The number of hydrogen-bond acceptors (Lipinski definition) is 6. The number of carbonyl (C=O) groups excluding carboxylic acids is 2. The van der Waals surface area contributed by atoms with Crippen LogP contribution in [0.2, 0.25) is 0 Å². The van der Waals surface area contributed by atoms with E-state index in [1.165, 1.54) is 12.1 Å². The van der Waals surface area contributed by atoms with Crippen molar-refractivity contribution in [3.05, 3.63) is 59.7 Å². The van der Waals surface area contributed by atoms with Gasteiger partial charge in [-0.1, -0.05) is 0 Å². The Balaban J connectivity index is 1.11. The van der Waals surface area contributed by atoms with Gasteiger partial charge in [0.05, 0.1) is 17.7 Å². The van der Waals surface area contributed by atoms with Gasteiger partial charge in [0.1, 0.15) is 0 Å². The minimum atomic E-state index is -4.32. The lowest BCUT2D eigenvalue weighted by Gasteiger charge is -2.36. The molecule has 2 fully saturated rings. The molecule has 1 N–H and O–H groups in total. The van der Waals surface area contributed by atoms with E-state index < -0.39 is 11.7 Å². The predicted octanol–water partition coefficient (Wildman–Crippen LogP) is 4.89. The smallest absolute Gasteiger partial charge is 0.416 e. The van der Waals surface area contributed by atoms with E-state index in [-0.39, 0.29) is 17.9 Å². The maximum absolute atomic E-state index is 12.8. The second-order valence-corrected chi connectivity index (χ2v) is 10.1. The standard InChI is InChI=1S/C29H37F3N4O3/c1-2-39-28(38)22-5-9-24(10-6-22)33-25-13-16-36(17-14-25)27(37)4-3-15-34-18-20-35(21-19-34)26-11-7-23(8-12-26)29(30,31)32/h5-12,25,33H,2-4,13-21H2,1H3. The third-order valence-corrected chi connectivity index (χ3v) is 7.41. The van der Waals surface area contributed by atoms with Gasteiger partial charge in [0.2, 0.25) is 5.91 Å². The number of likely N-dealkylation sites (tertiary alicyclic amines) is 1. The van der Waals surface area contributed by atoms with Gasteiger partial charge in [0.25, 0.3) is 0 Å². The van der Waals surface area contributed by atoms with E-state index in [0.29, 0.717) is 18.6 Å². The lowest BCUT2D eigenvalue weighted by molar-refractivity contribution is -0.137. The first-order valence-corrected chi connectivity index (χ1v) is 13.7. The van der Waals surface area contributed by atoms with Crippen molar-refractivity contribution >= 4 is 23.3 Å². The lowest BCUT2D eigenvalue weighted by atomic mass is 10.0. The molecular formula is C29H37F3N4O3. The average molecular weight is 547 g/mol. The van der Waals surface area contributed by atoms with Crippen molar-refractivity contribution in [2.24, 2.45) is 0 Å². The Hall–Kier alpha value is -3.27. The summed E-state index contributed by atoms with van der Waals surface area (Å²) in [6.07, 6.45) is -1.26. The van der Waals surface area contributed by atoms with E-state index in [0.717, 1.165) is 88.6 Å². The molecule has 7 nitrogen and oxygen atoms in total. The zero-order chi connectivity index (χ0) is 27.8. The molecule has 0 unspecified atom stereocenters. The largest absolute Gasteiger partial charge is 0.462 e. The molecule has 39 heavy (non-hydrogen) atoms. The molecule has 2 saturated heterocycles. The Morgan fingerprint density at radius 2 is 1.56 bits per heavy atom. The van der Waals surface area contributed by atoms with Crippen LogP contribution >= 0.6 is 0 Å². The average Bonchev–Trinajstić information content (AvgIpc) is 2.94. The van der Waals surface area contributed by atoms with Crippen molar-refractivity contribution in [3.63, 3.8) is 0 Å². The van der Waals surface area contributed by atoms with E-state index >= 15 is 0 Å². The molecule has 2 aliphatic rings. The zero-order valence-electron chi connectivity index (χ0n) is 22.4. The van der Waals surface area contributed by atoms with Gasteiger partial charge in [-0.3, -0.25) is 9.69 Å². The highest BCUT2D eigenvalue weighted by Crippen LogP contribution is 2.30. The zero-order valence-corrected chi connectivity index (χ0v) is 22.4. The third kappa shape index (κ3) is 8.11. The van der Waals surface area contributed by atoms with Crippen LogP contribution in [-0.4, -0.2) is 80.1 Å². The fraction of sp³-hybridized carbons (Fsp3) is 0.517. The van der Waals surface area contributed by atoms with Crippen molar-refractivity contribution in [2.45, 2.75) is 44.8 Å². The molecule has 0 bridgehead atoms. The molecular weight excluding hydrogens is 509 g/mol. The number of esters is 1. The summed E-state index contributed by atoms with van der Waals surface area (Å²) in [6.45, 7) is 7.58. The van der Waals surface area contributed by atoms with Gasteiger partial charge in [0, 0.05) is 63.1 Å². The van der Waals surface area contributed by atoms with Gasteiger partial charge < -0.3 is 19.9 Å². The van der Waals surface area contributed by atoms with Crippen LogP contribution in [-0.2, 0) is 15.7 Å². The first-order chi connectivity index (χ1) is 18.7. The number of hydrogen-bond donors (Lipinski definition) is 1. The Kier molecular flexibility index (Phi) is 9.72. The van der Waals surface area contributed by atoms with Crippen molar-refractivity contribution in [2.75, 3.05) is 62.6 Å². The summed E-state index contributed by atoms with van der Waals surface area (Å²) in [5.41, 5.74) is 1.66. The van der Waals surface area contributed by atoms with Gasteiger partial charge in [-0.15, -0.1) is 0 Å². The first-order valence-electron chi connectivity index (χ1n) is 13.7. The van der Waals surface area contributed by atoms with Crippen LogP contribution in [0.15, 0.2) is 48.5 Å². The number of piperazine rings is 1. The van der Waals surface area contributed by atoms with Gasteiger partial charge in [-0.2, -0.15) is 13.2 Å². The van der Waals surface area contributed by atoms with E-state index in [1.54, 1.807) is 19.1 Å². The number of ether oxygens (including phenoxy) is 1. The van der Waals surface area contributed by atoms with E-state index in [9.17, 15) is 22.8 Å². The fourth-order valence-electron chi connectivity index (χ4n) is 5.13. The maximum atomic E-state index is 12.8. The van der Waals surface area contributed by atoms with E-state index in [1.807, 2.05) is 17.0 Å². The maximum Gasteiger partial charge on any atom is 0.416 e. The second kappa shape index (κ2) is 13.2. The summed E-state index contributed by atoms with van der Waals surface area (Å²) in [4.78, 5) is 30.9. The molecule has 2 heterocycles. The van der Waals surface area contributed by atoms with Crippen LogP contribution in [0.4, 0.5) is 24.5 Å². The molecule has 1 amide bonds. The lowest BCUT2D eigenvalue weighted by Crippen LogP contribution is -2.47. The molecule has 0 aromatic heterocycles. The Morgan fingerprint density at radius 1 is 0.923 bits per heavy atom. The Labute approximate surface area is 227 Å². The minimum Gasteiger partial charge on any atom is -0.462 e. The highest BCUT2D eigenvalue weighted by Gasteiger charge is 2.30. The van der Waals surface area contributed by atoms with Crippen LogP contribution in [0.25, 0.3) is 0 Å². The molecule has 2 aromatic rings. The van der Waals surface area contributed by atoms with Gasteiger partial charge in [-0.25, -0.2) is 4.79 Å². The number of piperidine rings is 1. The van der Waals surface area contributed by atoms with Gasteiger partial charge >= 0.3 is 12.1 Å². The van der Waals surface area contributed by atoms with E-state index in [4.69, 9.17) is 4.74 Å². The minimum absolute atomic E-state index is 0.190. The summed E-state index contributed by atoms with van der Waals surface area (Å²) in [7, 11) is 0. The number of amides is 1. The number of alkyl halides is 3. The third-order valence-electron chi connectivity index (χ3n) is 7.41. The molecule has 2 aliphatic heterocycles. The van der Waals surface area contributed by atoms with E-state index in [2.05, 4.69) is 15.1 Å². The highest BCUT2D eigenvalue weighted by molar-refractivity contribution is 5.89.